The number of furan rings is 2. The minimum Gasteiger partial charge on any atom is -0.456 e. The Morgan fingerprint density at radius 3 is 1.96 bits per heavy atom. The quantitative estimate of drug-likeness (QED) is 0.203. The summed E-state index contributed by atoms with van der Waals surface area (Å²) in [7, 11) is 0. The summed E-state index contributed by atoms with van der Waals surface area (Å²) >= 11 is 0. The normalized spacial score (nSPS) is 14.7. The molecule has 0 amide bonds. The van der Waals surface area contributed by atoms with Crippen molar-refractivity contribution in [2.75, 3.05) is 0 Å². The van der Waals surface area contributed by atoms with Gasteiger partial charge in [0.1, 0.15) is 34.0 Å². The molecule has 1 aliphatic heterocycles. The average Bonchev–Trinajstić information content (AvgIpc) is 3.78. The molecule has 8 aromatic carbocycles. The second-order valence-electron chi connectivity index (χ2n) is 13.4. The van der Waals surface area contributed by atoms with Gasteiger partial charge in [0.15, 0.2) is 6.17 Å². The van der Waals surface area contributed by atoms with Gasteiger partial charge in [-0.2, -0.15) is 0 Å². The van der Waals surface area contributed by atoms with Crippen LogP contribution in [0.5, 0.6) is 0 Å². The molecule has 2 aromatic heterocycles. The van der Waals surface area contributed by atoms with Crippen LogP contribution in [0.3, 0.4) is 0 Å². The molecule has 0 aliphatic carbocycles. The van der Waals surface area contributed by atoms with Gasteiger partial charge in [-0.05, 0) is 69.1 Å². The lowest BCUT2D eigenvalue weighted by molar-refractivity contribution is 0.667. The van der Waals surface area contributed by atoms with Crippen molar-refractivity contribution in [1.29, 1.82) is 0 Å². The standard InChI is InChI=1S/C47H29N3O2/c1-2-12-29(13-3-1)45-48-46(32-22-21-28-11-4-5-14-30(28)25-32)50-47(49-45)37-18-10-20-40-44(37)36-24-23-31(26-41(36)52-40)38-27-42-43(34-16-7-6-15-33(34)38)35-17-8-9-19-39(35)51-42/h1-27,47H,(H,48,49,50). The van der Waals surface area contributed by atoms with E-state index in [9.17, 15) is 0 Å². The van der Waals surface area contributed by atoms with Crippen molar-refractivity contribution in [3.63, 3.8) is 0 Å². The molecular weight excluding hydrogens is 639 g/mol. The molecule has 0 spiro atoms. The summed E-state index contributed by atoms with van der Waals surface area (Å²) < 4.78 is 13.0. The largest absolute Gasteiger partial charge is 0.456 e. The van der Waals surface area contributed by atoms with Crippen LogP contribution in [0.15, 0.2) is 183 Å². The van der Waals surface area contributed by atoms with Crippen LogP contribution in [-0.2, 0) is 0 Å². The molecule has 0 fully saturated rings. The van der Waals surface area contributed by atoms with E-state index in [4.69, 9.17) is 18.8 Å². The van der Waals surface area contributed by atoms with E-state index in [2.05, 4.69) is 127 Å². The molecule has 5 heteroatoms. The molecule has 0 radical (unpaired) electrons. The van der Waals surface area contributed by atoms with Crippen LogP contribution in [-0.4, -0.2) is 11.7 Å². The Balaban J connectivity index is 1.08. The average molecular weight is 668 g/mol. The zero-order valence-corrected chi connectivity index (χ0v) is 27.9. The number of rotatable bonds is 4. The van der Waals surface area contributed by atoms with Crippen molar-refractivity contribution in [2.45, 2.75) is 6.17 Å². The van der Waals surface area contributed by atoms with Crippen molar-refractivity contribution in [1.82, 2.24) is 5.32 Å². The molecular formula is C47H29N3O2. The highest BCUT2D eigenvalue weighted by Gasteiger charge is 2.25. The van der Waals surface area contributed by atoms with Gasteiger partial charge in [0.2, 0.25) is 0 Å². The summed E-state index contributed by atoms with van der Waals surface area (Å²) in [5.41, 5.74) is 8.55. The lowest BCUT2D eigenvalue weighted by atomic mass is 9.94. The minimum absolute atomic E-state index is 0.485. The molecule has 0 saturated carbocycles. The number of aliphatic imine (C=N–C) groups is 2. The van der Waals surface area contributed by atoms with Crippen molar-refractivity contribution < 1.29 is 8.83 Å². The highest BCUT2D eigenvalue weighted by molar-refractivity contribution is 6.22. The van der Waals surface area contributed by atoms with E-state index >= 15 is 0 Å². The second kappa shape index (κ2) is 11.3. The van der Waals surface area contributed by atoms with E-state index in [1.807, 2.05) is 42.5 Å². The number of nitrogens with one attached hydrogen (secondary N) is 1. The third-order valence-electron chi connectivity index (χ3n) is 10.3. The highest BCUT2D eigenvalue weighted by atomic mass is 16.3. The Labute approximate surface area is 298 Å². The number of amidine groups is 2. The first-order valence-electron chi connectivity index (χ1n) is 17.5. The van der Waals surface area contributed by atoms with Crippen LogP contribution in [0.1, 0.15) is 22.9 Å². The fourth-order valence-electron chi connectivity index (χ4n) is 7.88. The van der Waals surface area contributed by atoms with Gasteiger partial charge in [0, 0.05) is 38.2 Å². The summed E-state index contributed by atoms with van der Waals surface area (Å²) in [4.78, 5) is 10.5. The Hall–Kier alpha value is -6.98. The summed E-state index contributed by atoms with van der Waals surface area (Å²) in [5.74, 6) is 1.56. The zero-order valence-electron chi connectivity index (χ0n) is 27.9. The second-order valence-corrected chi connectivity index (χ2v) is 13.4. The molecule has 11 rings (SSSR count). The first kappa shape index (κ1) is 28.8. The zero-order chi connectivity index (χ0) is 34.2. The van der Waals surface area contributed by atoms with Gasteiger partial charge in [0.25, 0.3) is 0 Å². The minimum atomic E-state index is -0.485. The predicted octanol–water partition coefficient (Wildman–Crippen LogP) is 12.0. The van der Waals surface area contributed by atoms with Crippen LogP contribution in [0.2, 0.25) is 0 Å². The van der Waals surface area contributed by atoms with Crippen LogP contribution in [0, 0.1) is 0 Å². The van der Waals surface area contributed by atoms with Gasteiger partial charge >= 0.3 is 0 Å². The predicted molar refractivity (Wildman–Crippen MR) is 213 cm³/mol. The smallest absolute Gasteiger partial charge is 0.170 e. The molecule has 0 bridgehead atoms. The van der Waals surface area contributed by atoms with Gasteiger partial charge in [-0.1, -0.05) is 127 Å². The Morgan fingerprint density at radius 2 is 1.08 bits per heavy atom. The Bertz CT molecular complexity index is 3110. The lowest BCUT2D eigenvalue weighted by Crippen LogP contribution is -2.36. The fraction of sp³-hybridized carbons (Fsp3) is 0.0213. The summed E-state index contributed by atoms with van der Waals surface area (Å²) in [6, 6.07) is 56.8. The van der Waals surface area contributed by atoms with E-state index in [0.29, 0.717) is 0 Å². The van der Waals surface area contributed by atoms with Gasteiger partial charge in [-0.15, -0.1) is 0 Å². The van der Waals surface area contributed by atoms with E-state index in [1.165, 1.54) is 16.2 Å². The van der Waals surface area contributed by atoms with Crippen molar-refractivity contribution in [3.8, 4) is 11.1 Å². The fourth-order valence-corrected chi connectivity index (χ4v) is 7.88. The third kappa shape index (κ3) is 4.49. The Kier molecular flexibility index (Phi) is 6.25. The van der Waals surface area contributed by atoms with Gasteiger partial charge in [-0.25, -0.2) is 9.98 Å². The van der Waals surface area contributed by atoms with Gasteiger partial charge < -0.3 is 14.2 Å². The molecule has 1 atom stereocenters. The van der Waals surface area contributed by atoms with Crippen LogP contribution in [0.25, 0.3) is 76.5 Å². The number of fused-ring (bicyclic) bond motifs is 9. The lowest BCUT2D eigenvalue weighted by Gasteiger charge is -2.23. The summed E-state index contributed by atoms with van der Waals surface area (Å²) in [6.45, 7) is 0. The number of hydrogen-bond acceptors (Lipinski definition) is 5. The molecule has 5 nitrogen and oxygen atoms in total. The van der Waals surface area contributed by atoms with Gasteiger partial charge in [0.05, 0.1) is 0 Å². The number of hydrogen-bond donors (Lipinski definition) is 1. The van der Waals surface area contributed by atoms with E-state index < -0.39 is 6.17 Å². The maximum Gasteiger partial charge on any atom is 0.170 e. The number of benzene rings is 8. The molecule has 0 saturated heterocycles. The summed E-state index contributed by atoms with van der Waals surface area (Å²) in [5, 5.41) is 12.6. The van der Waals surface area contributed by atoms with Crippen molar-refractivity contribution in [2.24, 2.45) is 9.98 Å². The van der Waals surface area contributed by atoms with Crippen LogP contribution in [0.4, 0.5) is 0 Å². The molecule has 10 aromatic rings. The number of nitrogens with zero attached hydrogens (tertiary/aromatic N) is 2. The first-order chi connectivity index (χ1) is 25.7. The topological polar surface area (TPSA) is 63.0 Å². The maximum atomic E-state index is 6.63. The summed E-state index contributed by atoms with van der Waals surface area (Å²) in [6.07, 6.45) is -0.485. The van der Waals surface area contributed by atoms with Crippen LogP contribution >= 0.6 is 0 Å². The van der Waals surface area contributed by atoms with Crippen molar-refractivity contribution in [3.05, 3.63) is 180 Å². The molecule has 244 valence electrons. The number of para-hydroxylation sites is 1. The van der Waals surface area contributed by atoms with E-state index in [-0.39, 0.29) is 0 Å². The maximum absolute atomic E-state index is 6.63. The highest BCUT2D eigenvalue weighted by Crippen LogP contribution is 2.42. The molecule has 1 aliphatic rings. The van der Waals surface area contributed by atoms with Crippen LogP contribution < -0.4 is 5.32 Å². The van der Waals surface area contributed by atoms with Gasteiger partial charge in [-0.3, -0.25) is 0 Å². The van der Waals surface area contributed by atoms with Crippen molar-refractivity contribution >= 4 is 77.1 Å². The van der Waals surface area contributed by atoms with E-state index in [1.54, 1.807) is 0 Å². The molecule has 1 unspecified atom stereocenters. The SMILES string of the molecule is c1ccc(C2=NC(c3cccc4oc5cc(-c6cc7oc8ccccc8c7c7ccccc67)ccc5c34)N=C(c3ccc4ccccc4c3)N2)cc1. The molecule has 3 heterocycles. The monoisotopic (exact) mass is 667 g/mol. The molecule has 52 heavy (non-hydrogen) atoms. The Morgan fingerprint density at radius 1 is 0.404 bits per heavy atom. The first-order valence-corrected chi connectivity index (χ1v) is 17.5. The van der Waals surface area contributed by atoms with E-state index in [0.717, 1.165) is 88.8 Å². The third-order valence-corrected chi connectivity index (χ3v) is 10.3. The molecule has 1 N–H and O–H groups in total.